The van der Waals surface area contributed by atoms with Crippen LogP contribution in [0, 0.1) is 5.92 Å². The van der Waals surface area contributed by atoms with Crippen molar-refractivity contribution in [3.05, 3.63) is 23.7 Å². The smallest absolute Gasteiger partial charge is 0.391 e. The van der Waals surface area contributed by atoms with Crippen molar-refractivity contribution in [3.8, 4) is 0 Å². The topological polar surface area (TPSA) is 92.6 Å². The van der Waals surface area contributed by atoms with Crippen molar-refractivity contribution in [1.82, 2.24) is 10.6 Å². The van der Waals surface area contributed by atoms with Gasteiger partial charge in [-0.05, 0) is 38.3 Å². The van der Waals surface area contributed by atoms with E-state index in [0.717, 1.165) is 0 Å². The van der Waals surface area contributed by atoms with Crippen molar-refractivity contribution in [2.24, 2.45) is 16.6 Å². The van der Waals surface area contributed by atoms with Crippen LogP contribution in [0.25, 0.3) is 0 Å². The molecule has 6 nitrogen and oxygen atoms in total. The maximum absolute atomic E-state index is 12.9. The van der Waals surface area contributed by atoms with Crippen LogP contribution in [-0.4, -0.2) is 30.6 Å². The molecular formula is C16H24F3IN4O2. The Bertz CT molecular complexity index is 619. The average Bonchev–Trinajstić information content (AvgIpc) is 3.01. The third kappa shape index (κ3) is 6.69. The minimum atomic E-state index is -4.16. The zero-order chi connectivity index (χ0) is 18.4. The fourth-order valence-electron chi connectivity index (χ4n) is 2.88. The number of carbonyl (C=O) groups is 1. The van der Waals surface area contributed by atoms with Gasteiger partial charge in [0.1, 0.15) is 12.3 Å². The molecule has 1 heterocycles. The number of guanidine groups is 1. The molecule has 4 N–H and O–H groups in total. The van der Waals surface area contributed by atoms with Crippen LogP contribution in [-0.2, 0) is 6.54 Å². The summed E-state index contributed by atoms with van der Waals surface area (Å²) < 4.78 is 44.0. The van der Waals surface area contributed by atoms with Gasteiger partial charge in [-0.2, -0.15) is 13.2 Å². The molecule has 1 aliphatic rings. The van der Waals surface area contributed by atoms with Crippen LogP contribution in [0.15, 0.2) is 21.5 Å². The predicted octanol–water partition coefficient (Wildman–Crippen LogP) is 3.17. The summed E-state index contributed by atoms with van der Waals surface area (Å²) in [5.41, 5.74) is 5.12. The molecular weight excluding hydrogens is 464 g/mol. The second-order valence-corrected chi connectivity index (χ2v) is 6.07. The first-order valence-corrected chi connectivity index (χ1v) is 8.29. The van der Waals surface area contributed by atoms with E-state index < -0.39 is 18.0 Å². The summed E-state index contributed by atoms with van der Waals surface area (Å²) in [5.74, 6) is -1.02. The minimum absolute atomic E-state index is 0. The van der Waals surface area contributed by atoms with Crippen LogP contribution in [0.1, 0.15) is 48.9 Å². The van der Waals surface area contributed by atoms with E-state index in [4.69, 9.17) is 10.2 Å². The molecule has 0 aromatic carbocycles. The number of amides is 1. The lowest BCUT2D eigenvalue weighted by Gasteiger charge is -2.31. The summed E-state index contributed by atoms with van der Waals surface area (Å²) in [6.07, 6.45) is -2.74. The van der Waals surface area contributed by atoms with E-state index in [-0.39, 0.29) is 55.2 Å². The largest absolute Gasteiger partial charge is 0.454 e. The van der Waals surface area contributed by atoms with Crippen molar-refractivity contribution in [2.75, 3.05) is 6.54 Å². The SMILES string of the molecule is CCNC(=NCc1ccc(C(N)=O)o1)NC1CCCC(C(F)(F)F)C1.I. The number of hydrogen-bond donors (Lipinski definition) is 3. The zero-order valence-electron chi connectivity index (χ0n) is 14.4. The van der Waals surface area contributed by atoms with E-state index in [1.165, 1.54) is 6.07 Å². The number of halogens is 4. The van der Waals surface area contributed by atoms with Crippen molar-refractivity contribution in [1.29, 1.82) is 0 Å². The van der Waals surface area contributed by atoms with Gasteiger partial charge in [0.25, 0.3) is 5.91 Å². The van der Waals surface area contributed by atoms with Gasteiger partial charge in [0.05, 0.1) is 5.92 Å². The molecule has 0 spiro atoms. The quantitative estimate of drug-likeness (QED) is 0.338. The average molecular weight is 488 g/mol. The van der Waals surface area contributed by atoms with Gasteiger partial charge in [-0.3, -0.25) is 4.79 Å². The number of nitrogens with zero attached hydrogens (tertiary/aromatic N) is 1. The van der Waals surface area contributed by atoms with Crippen LogP contribution >= 0.6 is 24.0 Å². The van der Waals surface area contributed by atoms with E-state index in [9.17, 15) is 18.0 Å². The zero-order valence-corrected chi connectivity index (χ0v) is 16.8. The molecule has 1 amide bonds. The molecule has 0 saturated heterocycles. The van der Waals surface area contributed by atoms with Crippen LogP contribution in [0.5, 0.6) is 0 Å². The predicted molar refractivity (Wildman–Crippen MR) is 102 cm³/mol. The molecule has 2 unspecified atom stereocenters. The monoisotopic (exact) mass is 488 g/mol. The summed E-state index contributed by atoms with van der Waals surface area (Å²) in [6, 6.07) is 2.77. The van der Waals surface area contributed by atoms with E-state index >= 15 is 0 Å². The summed E-state index contributed by atoms with van der Waals surface area (Å²) in [7, 11) is 0. The molecule has 1 aromatic rings. The molecule has 2 atom stereocenters. The molecule has 1 aromatic heterocycles. The third-order valence-corrected chi connectivity index (χ3v) is 4.12. The first-order chi connectivity index (χ1) is 11.8. The molecule has 0 aliphatic heterocycles. The maximum atomic E-state index is 12.9. The summed E-state index contributed by atoms with van der Waals surface area (Å²) >= 11 is 0. The number of nitrogens with one attached hydrogen (secondary N) is 2. The first kappa shape index (κ1) is 22.6. The number of carbonyl (C=O) groups excluding carboxylic acids is 1. The summed E-state index contributed by atoms with van der Waals surface area (Å²) in [5, 5.41) is 6.07. The standard InChI is InChI=1S/C16H23F3N4O2.HI/c1-2-21-15(22-9-12-6-7-13(25-12)14(20)24)23-11-5-3-4-10(8-11)16(17,18)19;/h6-7,10-11H,2-5,8-9H2,1H3,(H2,20,24)(H2,21,22,23);1H. The van der Waals surface area contributed by atoms with Gasteiger partial charge in [0, 0.05) is 12.6 Å². The Hall–Kier alpha value is -1.46. The van der Waals surface area contributed by atoms with Crippen molar-refractivity contribution >= 4 is 35.8 Å². The number of alkyl halides is 3. The van der Waals surface area contributed by atoms with E-state index in [1.54, 1.807) is 6.07 Å². The van der Waals surface area contributed by atoms with Gasteiger partial charge in [0.2, 0.25) is 0 Å². The molecule has 1 fully saturated rings. The number of furan rings is 1. The molecule has 148 valence electrons. The fourth-order valence-corrected chi connectivity index (χ4v) is 2.88. The minimum Gasteiger partial charge on any atom is -0.454 e. The second-order valence-electron chi connectivity index (χ2n) is 6.07. The highest BCUT2D eigenvalue weighted by atomic mass is 127. The number of aliphatic imine (C=N–C) groups is 1. The first-order valence-electron chi connectivity index (χ1n) is 8.29. The Balaban J connectivity index is 0.00000338. The van der Waals surface area contributed by atoms with Crippen molar-refractivity contribution in [3.63, 3.8) is 0 Å². The van der Waals surface area contributed by atoms with Gasteiger partial charge in [-0.1, -0.05) is 6.42 Å². The van der Waals surface area contributed by atoms with Gasteiger partial charge < -0.3 is 20.8 Å². The van der Waals surface area contributed by atoms with E-state index in [0.29, 0.717) is 31.1 Å². The van der Waals surface area contributed by atoms with Gasteiger partial charge >= 0.3 is 6.18 Å². The Labute approximate surface area is 167 Å². The maximum Gasteiger partial charge on any atom is 0.391 e. The molecule has 26 heavy (non-hydrogen) atoms. The lowest BCUT2D eigenvalue weighted by molar-refractivity contribution is -0.183. The Morgan fingerprint density at radius 3 is 2.69 bits per heavy atom. The van der Waals surface area contributed by atoms with Crippen LogP contribution in [0.3, 0.4) is 0 Å². The van der Waals surface area contributed by atoms with E-state index in [1.807, 2.05) is 6.92 Å². The number of nitrogens with two attached hydrogens (primary N) is 1. The highest BCUT2D eigenvalue weighted by Gasteiger charge is 2.42. The number of rotatable bonds is 5. The summed E-state index contributed by atoms with van der Waals surface area (Å²) in [6.45, 7) is 2.60. The van der Waals surface area contributed by atoms with Gasteiger partial charge in [0.15, 0.2) is 11.7 Å². The summed E-state index contributed by atoms with van der Waals surface area (Å²) in [4.78, 5) is 15.3. The van der Waals surface area contributed by atoms with Crippen molar-refractivity contribution in [2.45, 2.75) is 51.4 Å². The lowest BCUT2D eigenvalue weighted by Crippen LogP contribution is -2.46. The normalized spacial score (nSPS) is 21.0. The molecule has 0 radical (unpaired) electrons. The van der Waals surface area contributed by atoms with Crippen molar-refractivity contribution < 1.29 is 22.4 Å². The molecule has 1 aliphatic carbocycles. The van der Waals surface area contributed by atoms with Gasteiger partial charge in [-0.25, -0.2) is 4.99 Å². The highest BCUT2D eigenvalue weighted by Crippen LogP contribution is 2.37. The lowest BCUT2D eigenvalue weighted by atomic mass is 9.85. The molecule has 1 saturated carbocycles. The van der Waals surface area contributed by atoms with E-state index in [2.05, 4.69) is 15.6 Å². The van der Waals surface area contributed by atoms with Crippen LogP contribution in [0.2, 0.25) is 0 Å². The molecule has 10 heteroatoms. The Morgan fingerprint density at radius 1 is 1.38 bits per heavy atom. The van der Waals surface area contributed by atoms with Crippen LogP contribution < -0.4 is 16.4 Å². The fraction of sp³-hybridized carbons (Fsp3) is 0.625. The Kier molecular flexibility index (Phi) is 8.71. The Morgan fingerprint density at radius 2 is 2.12 bits per heavy atom. The van der Waals surface area contributed by atoms with Crippen LogP contribution in [0.4, 0.5) is 13.2 Å². The highest BCUT2D eigenvalue weighted by molar-refractivity contribution is 14.0. The molecule has 2 rings (SSSR count). The third-order valence-electron chi connectivity index (χ3n) is 4.12. The van der Waals surface area contributed by atoms with Gasteiger partial charge in [-0.15, -0.1) is 24.0 Å². The number of hydrogen-bond acceptors (Lipinski definition) is 3. The molecule has 0 bridgehead atoms. The number of primary amides is 1. The second kappa shape index (κ2) is 10.0.